The molecule has 1 aliphatic carbocycles. The van der Waals surface area contributed by atoms with Crippen molar-refractivity contribution in [1.29, 1.82) is 0 Å². The molecule has 1 heterocycles. The van der Waals surface area contributed by atoms with Crippen molar-refractivity contribution >= 4 is 12.0 Å². The highest BCUT2D eigenvalue weighted by atomic mass is 19.4. The number of hydrogen-bond donors (Lipinski definition) is 1. The van der Waals surface area contributed by atoms with E-state index in [2.05, 4.69) is 0 Å². The van der Waals surface area contributed by atoms with Crippen LogP contribution in [0.15, 0.2) is 18.2 Å². The second-order valence-electron chi connectivity index (χ2n) is 5.86. The largest absolute Gasteiger partial charge is 0.417 e. The van der Waals surface area contributed by atoms with Gasteiger partial charge in [-0.2, -0.15) is 13.2 Å². The minimum absolute atomic E-state index is 0.144. The molecule has 0 aromatic heterocycles. The van der Waals surface area contributed by atoms with Crippen molar-refractivity contribution in [3.8, 4) is 0 Å². The van der Waals surface area contributed by atoms with E-state index in [4.69, 9.17) is 0 Å². The first kappa shape index (κ1) is 14.4. The average Bonchev–Trinajstić information content (AvgIpc) is 3.00. The van der Waals surface area contributed by atoms with Gasteiger partial charge in [0.1, 0.15) is 0 Å². The molecule has 1 saturated carbocycles. The van der Waals surface area contributed by atoms with Gasteiger partial charge < -0.3 is 10.0 Å². The molecule has 21 heavy (non-hydrogen) atoms. The molecule has 1 aliphatic heterocycles. The van der Waals surface area contributed by atoms with Gasteiger partial charge in [-0.1, -0.05) is 0 Å². The predicted molar refractivity (Wildman–Crippen MR) is 71.3 cm³/mol. The Labute approximate surface area is 120 Å². The van der Waals surface area contributed by atoms with Crippen molar-refractivity contribution in [1.82, 2.24) is 0 Å². The maximum atomic E-state index is 13.0. The molecule has 3 unspecified atom stereocenters. The van der Waals surface area contributed by atoms with Crippen LogP contribution in [-0.2, 0) is 6.18 Å². The molecule has 0 bridgehead atoms. The van der Waals surface area contributed by atoms with Crippen LogP contribution in [-0.4, -0.2) is 30.6 Å². The Morgan fingerprint density at radius 1 is 1.24 bits per heavy atom. The van der Waals surface area contributed by atoms with E-state index >= 15 is 0 Å². The van der Waals surface area contributed by atoms with Crippen LogP contribution in [0.4, 0.5) is 18.9 Å². The number of fused-ring (bicyclic) bond motifs is 1. The van der Waals surface area contributed by atoms with Gasteiger partial charge >= 0.3 is 6.18 Å². The lowest BCUT2D eigenvalue weighted by molar-refractivity contribution is -0.137. The number of aliphatic hydroxyl groups is 1. The third-order valence-corrected chi connectivity index (χ3v) is 4.65. The van der Waals surface area contributed by atoms with Gasteiger partial charge in [-0.25, -0.2) is 0 Å². The maximum absolute atomic E-state index is 13.0. The molecule has 3 atom stereocenters. The molecule has 1 saturated heterocycles. The van der Waals surface area contributed by atoms with Gasteiger partial charge in [0.05, 0.1) is 11.7 Å². The van der Waals surface area contributed by atoms with Gasteiger partial charge in [0.25, 0.3) is 0 Å². The van der Waals surface area contributed by atoms with Crippen molar-refractivity contribution in [2.45, 2.75) is 25.1 Å². The number of carbonyl (C=O) groups excluding carboxylic acids is 1. The fourth-order valence-corrected chi connectivity index (χ4v) is 3.54. The van der Waals surface area contributed by atoms with E-state index in [-0.39, 0.29) is 23.9 Å². The van der Waals surface area contributed by atoms with Crippen LogP contribution < -0.4 is 4.90 Å². The number of aliphatic hydroxyl groups excluding tert-OH is 1. The number of benzene rings is 1. The van der Waals surface area contributed by atoms with Crippen LogP contribution in [0, 0.1) is 11.8 Å². The molecule has 6 heteroatoms. The fourth-order valence-electron chi connectivity index (χ4n) is 3.54. The van der Waals surface area contributed by atoms with Crippen LogP contribution >= 0.6 is 0 Å². The van der Waals surface area contributed by atoms with Crippen LogP contribution in [0.5, 0.6) is 0 Å². The van der Waals surface area contributed by atoms with Crippen molar-refractivity contribution < 1.29 is 23.1 Å². The van der Waals surface area contributed by atoms with Gasteiger partial charge in [0.15, 0.2) is 6.29 Å². The lowest BCUT2D eigenvalue weighted by Gasteiger charge is -2.22. The highest BCUT2D eigenvalue weighted by Gasteiger charge is 2.42. The Kier molecular flexibility index (Phi) is 3.43. The van der Waals surface area contributed by atoms with Crippen LogP contribution in [0.2, 0.25) is 0 Å². The van der Waals surface area contributed by atoms with Gasteiger partial charge in [-0.3, -0.25) is 4.79 Å². The van der Waals surface area contributed by atoms with Gasteiger partial charge in [0, 0.05) is 30.3 Å². The number of nitrogens with zero attached hydrogens (tertiary/aromatic N) is 1. The predicted octanol–water partition coefficient (Wildman–Crippen LogP) is 2.73. The molecule has 2 fully saturated rings. The summed E-state index contributed by atoms with van der Waals surface area (Å²) in [6, 6.07) is 3.80. The van der Waals surface area contributed by atoms with Crippen molar-refractivity contribution in [3.05, 3.63) is 29.3 Å². The normalized spacial score (nSPS) is 28.8. The molecular weight excluding hydrogens is 283 g/mol. The summed E-state index contributed by atoms with van der Waals surface area (Å²) < 4.78 is 38.9. The standard InChI is InChI=1S/C15H16F3NO2/c16-15(17,18)13-5-11(3-1-10(13)8-20)19-6-9-2-4-14(21)12(9)7-19/h1,3,5,8-9,12,14,21H,2,4,6-7H2. The zero-order valence-electron chi connectivity index (χ0n) is 11.3. The highest BCUT2D eigenvalue weighted by Crippen LogP contribution is 2.41. The van der Waals surface area contributed by atoms with E-state index in [0.717, 1.165) is 18.9 Å². The first-order valence-electron chi connectivity index (χ1n) is 6.99. The van der Waals surface area contributed by atoms with Gasteiger partial charge in [0.2, 0.25) is 0 Å². The molecule has 1 aromatic carbocycles. The van der Waals surface area contributed by atoms with E-state index in [9.17, 15) is 23.1 Å². The van der Waals surface area contributed by atoms with Crippen molar-refractivity contribution in [2.24, 2.45) is 11.8 Å². The Balaban J connectivity index is 1.89. The monoisotopic (exact) mass is 299 g/mol. The molecule has 3 nitrogen and oxygen atoms in total. The molecular formula is C15H16F3NO2. The zero-order valence-corrected chi connectivity index (χ0v) is 11.3. The number of carbonyl (C=O) groups is 1. The van der Waals surface area contributed by atoms with Gasteiger partial charge in [-0.05, 0) is 37.0 Å². The number of alkyl halides is 3. The topological polar surface area (TPSA) is 40.5 Å². The Bertz CT molecular complexity index is 558. The summed E-state index contributed by atoms with van der Waals surface area (Å²) >= 11 is 0. The summed E-state index contributed by atoms with van der Waals surface area (Å²) in [5.41, 5.74) is -0.771. The van der Waals surface area contributed by atoms with Crippen LogP contribution in [0.3, 0.4) is 0 Å². The van der Waals surface area contributed by atoms with Crippen molar-refractivity contribution in [2.75, 3.05) is 18.0 Å². The smallest absolute Gasteiger partial charge is 0.393 e. The van der Waals surface area contributed by atoms with Crippen LogP contribution in [0.25, 0.3) is 0 Å². The van der Waals surface area contributed by atoms with E-state index < -0.39 is 11.7 Å². The maximum Gasteiger partial charge on any atom is 0.417 e. The lowest BCUT2D eigenvalue weighted by atomic mass is 10.00. The summed E-state index contributed by atoms with van der Waals surface area (Å²) in [5.74, 6) is 0.491. The second kappa shape index (κ2) is 5.02. The SMILES string of the molecule is O=Cc1ccc(N2CC3CCC(O)C3C2)cc1C(F)(F)F. The molecule has 3 rings (SSSR count). The summed E-state index contributed by atoms with van der Waals surface area (Å²) in [6.45, 7) is 1.24. The number of anilines is 1. The molecule has 0 amide bonds. The number of hydrogen-bond acceptors (Lipinski definition) is 3. The van der Waals surface area contributed by atoms with E-state index in [1.165, 1.54) is 6.07 Å². The quantitative estimate of drug-likeness (QED) is 0.854. The first-order chi connectivity index (χ1) is 9.90. The fraction of sp³-hybridized carbons (Fsp3) is 0.533. The number of aldehydes is 1. The van der Waals surface area contributed by atoms with Crippen molar-refractivity contribution in [3.63, 3.8) is 0 Å². The Hall–Kier alpha value is -1.56. The zero-order chi connectivity index (χ0) is 15.2. The minimum Gasteiger partial charge on any atom is -0.393 e. The molecule has 2 aliphatic rings. The summed E-state index contributed by atoms with van der Waals surface area (Å²) in [6.07, 6.45) is -2.96. The Morgan fingerprint density at radius 3 is 2.62 bits per heavy atom. The second-order valence-corrected chi connectivity index (χ2v) is 5.86. The van der Waals surface area contributed by atoms with E-state index in [1.54, 1.807) is 6.07 Å². The number of halogens is 3. The lowest BCUT2D eigenvalue weighted by Crippen LogP contribution is -2.25. The molecule has 114 valence electrons. The minimum atomic E-state index is -4.54. The van der Waals surface area contributed by atoms with E-state index in [0.29, 0.717) is 24.7 Å². The van der Waals surface area contributed by atoms with Gasteiger partial charge in [-0.15, -0.1) is 0 Å². The summed E-state index contributed by atoms with van der Waals surface area (Å²) in [5, 5.41) is 9.88. The third kappa shape index (κ3) is 2.52. The number of rotatable bonds is 2. The third-order valence-electron chi connectivity index (χ3n) is 4.65. The molecule has 0 spiro atoms. The first-order valence-corrected chi connectivity index (χ1v) is 6.99. The molecule has 1 N–H and O–H groups in total. The van der Waals surface area contributed by atoms with E-state index in [1.807, 2.05) is 4.90 Å². The summed E-state index contributed by atoms with van der Waals surface area (Å²) in [7, 11) is 0. The average molecular weight is 299 g/mol. The van der Waals surface area contributed by atoms with Crippen LogP contribution in [0.1, 0.15) is 28.8 Å². The Morgan fingerprint density at radius 2 is 2.00 bits per heavy atom. The molecule has 0 radical (unpaired) electrons. The highest BCUT2D eigenvalue weighted by molar-refractivity contribution is 5.79. The molecule has 1 aromatic rings. The summed E-state index contributed by atoms with van der Waals surface area (Å²) in [4.78, 5) is 12.6.